The molecule has 29 heavy (non-hydrogen) atoms. The zero-order valence-electron chi connectivity index (χ0n) is 16.0. The van der Waals surface area contributed by atoms with E-state index < -0.39 is 5.82 Å². The zero-order valence-corrected chi connectivity index (χ0v) is 16.8. The number of aromatic nitrogens is 3. The molecule has 0 spiro atoms. The van der Waals surface area contributed by atoms with E-state index in [1.54, 1.807) is 18.3 Å². The van der Waals surface area contributed by atoms with E-state index in [1.165, 1.54) is 20.7 Å². The molecule has 0 amide bonds. The number of rotatable bonds is 1. The van der Waals surface area contributed by atoms with Crippen LogP contribution >= 0.6 is 11.3 Å². The average molecular weight is 403 g/mol. The molecule has 144 valence electrons. The molecule has 0 unspecified atom stereocenters. The van der Waals surface area contributed by atoms with Gasteiger partial charge in [-0.15, -0.1) is 11.3 Å². The number of hydrogen-bond donors (Lipinski definition) is 2. The van der Waals surface area contributed by atoms with E-state index in [4.69, 9.17) is 4.98 Å². The number of hydrogen-bond acceptors (Lipinski definition) is 6. The molecule has 0 bridgehead atoms. The molecule has 2 N–H and O–H groups in total. The van der Waals surface area contributed by atoms with Crippen molar-refractivity contribution < 1.29 is 4.39 Å². The Bertz CT molecular complexity index is 1320. The van der Waals surface area contributed by atoms with Gasteiger partial charge in [-0.05, 0) is 44.0 Å². The summed E-state index contributed by atoms with van der Waals surface area (Å²) in [4.78, 5) is 14.2. The van der Waals surface area contributed by atoms with Gasteiger partial charge in [0.15, 0.2) is 5.82 Å². The van der Waals surface area contributed by atoms with Gasteiger partial charge in [-0.3, -0.25) is 0 Å². The lowest BCUT2D eigenvalue weighted by molar-refractivity contribution is 0.584. The van der Waals surface area contributed by atoms with Crippen molar-refractivity contribution in [2.45, 2.75) is 26.4 Å². The molecule has 0 saturated carbocycles. The van der Waals surface area contributed by atoms with Crippen LogP contribution in [0.2, 0.25) is 0 Å². The summed E-state index contributed by atoms with van der Waals surface area (Å²) in [5.41, 5.74) is 2.63. The Kier molecular flexibility index (Phi) is 4.38. The maximum atomic E-state index is 14.4. The number of nitrogens with zero attached hydrogens (tertiary/aromatic N) is 3. The van der Waals surface area contributed by atoms with Crippen LogP contribution in [-0.2, 0) is 6.54 Å². The Hall–Kier alpha value is -3.08. The van der Waals surface area contributed by atoms with Crippen molar-refractivity contribution in [3.05, 3.63) is 47.0 Å². The number of nitrogens with one attached hydrogen (secondary N) is 2. The molecule has 1 aromatic carbocycles. The van der Waals surface area contributed by atoms with Gasteiger partial charge in [-0.25, -0.2) is 19.3 Å². The highest BCUT2D eigenvalue weighted by molar-refractivity contribution is 7.20. The van der Waals surface area contributed by atoms with E-state index in [2.05, 4.69) is 45.4 Å². The van der Waals surface area contributed by atoms with Crippen molar-refractivity contribution in [3.8, 4) is 23.2 Å². The van der Waals surface area contributed by atoms with Crippen LogP contribution in [0.5, 0.6) is 0 Å². The molecular formula is C22H18FN5S. The number of thiophene rings is 1. The number of anilines is 1. The van der Waals surface area contributed by atoms with Crippen molar-refractivity contribution in [2.75, 3.05) is 11.9 Å². The van der Waals surface area contributed by atoms with Crippen molar-refractivity contribution in [3.63, 3.8) is 0 Å². The molecule has 1 aliphatic rings. The highest BCUT2D eigenvalue weighted by atomic mass is 32.1. The summed E-state index contributed by atoms with van der Waals surface area (Å²) < 4.78 is 15.6. The van der Waals surface area contributed by atoms with Crippen molar-refractivity contribution in [2.24, 2.45) is 0 Å². The van der Waals surface area contributed by atoms with Crippen molar-refractivity contribution in [1.82, 2.24) is 20.3 Å². The predicted molar refractivity (Wildman–Crippen MR) is 115 cm³/mol. The first-order chi connectivity index (χ1) is 14.1. The van der Waals surface area contributed by atoms with Gasteiger partial charge in [0.05, 0.1) is 23.1 Å². The van der Waals surface area contributed by atoms with Crippen LogP contribution in [0.25, 0.3) is 32.4 Å². The Morgan fingerprint density at radius 2 is 2.10 bits per heavy atom. The average Bonchev–Trinajstić information content (AvgIpc) is 2.99. The Morgan fingerprint density at radius 1 is 1.21 bits per heavy atom. The highest BCUT2D eigenvalue weighted by Crippen LogP contribution is 2.41. The predicted octanol–water partition coefficient (Wildman–Crippen LogP) is 4.32. The quantitative estimate of drug-likeness (QED) is 0.464. The third-order valence-electron chi connectivity index (χ3n) is 5.01. The minimum atomic E-state index is -0.509. The van der Waals surface area contributed by atoms with Gasteiger partial charge in [0, 0.05) is 39.5 Å². The van der Waals surface area contributed by atoms with Crippen LogP contribution in [0.3, 0.4) is 0 Å². The molecule has 0 fully saturated rings. The van der Waals surface area contributed by atoms with E-state index in [0.29, 0.717) is 11.7 Å². The fraction of sp³-hybridized carbons (Fsp3) is 0.227. The lowest BCUT2D eigenvalue weighted by Crippen LogP contribution is -2.29. The SMILES string of the molecule is CC#Cc1ncc(F)c(-c2ccc3c(ccc4sc5c(c43)NC[C@@H](C)NC5)n2)n1. The third kappa shape index (κ3) is 3.11. The van der Waals surface area contributed by atoms with Gasteiger partial charge in [0.2, 0.25) is 5.82 Å². The number of fused-ring (bicyclic) bond motifs is 5. The number of pyridine rings is 1. The molecule has 5 nitrogen and oxygen atoms in total. The minimum absolute atomic E-state index is 0.167. The molecule has 3 aromatic heterocycles. The number of benzene rings is 1. The molecule has 0 radical (unpaired) electrons. The van der Waals surface area contributed by atoms with Crippen LogP contribution in [0.1, 0.15) is 24.5 Å². The van der Waals surface area contributed by atoms with Gasteiger partial charge >= 0.3 is 0 Å². The van der Waals surface area contributed by atoms with Crippen molar-refractivity contribution in [1.29, 1.82) is 0 Å². The highest BCUT2D eigenvalue weighted by Gasteiger charge is 2.19. The largest absolute Gasteiger partial charge is 0.382 e. The molecule has 0 aliphatic carbocycles. The van der Waals surface area contributed by atoms with E-state index in [0.717, 1.165) is 30.2 Å². The molecule has 5 rings (SSSR count). The first-order valence-corrected chi connectivity index (χ1v) is 10.2. The topological polar surface area (TPSA) is 62.7 Å². The normalized spacial score (nSPS) is 16.0. The summed E-state index contributed by atoms with van der Waals surface area (Å²) in [5, 5.41) is 9.35. The Balaban J connectivity index is 1.68. The minimum Gasteiger partial charge on any atom is -0.382 e. The van der Waals surface area contributed by atoms with E-state index in [1.807, 2.05) is 18.2 Å². The van der Waals surface area contributed by atoms with E-state index in [9.17, 15) is 4.39 Å². The van der Waals surface area contributed by atoms with E-state index >= 15 is 0 Å². The lowest BCUT2D eigenvalue weighted by Gasteiger charge is -2.10. The van der Waals surface area contributed by atoms with E-state index in [-0.39, 0.29) is 11.5 Å². The zero-order chi connectivity index (χ0) is 20.0. The fourth-order valence-electron chi connectivity index (χ4n) is 3.61. The summed E-state index contributed by atoms with van der Waals surface area (Å²) in [5.74, 6) is 5.28. The number of halogens is 1. The van der Waals surface area contributed by atoms with Crippen LogP contribution in [0.4, 0.5) is 10.1 Å². The standard InChI is InChI=1S/C22H18FN5S/c1-3-4-19-25-10-14(23)21(28-19)16-6-5-13-15(27-16)7-8-17-20(13)22-18(29-17)11-24-12(2)9-26-22/h5-8,10,12,24,26H,9,11H2,1-2H3/t12-/m1/s1. The molecule has 1 aliphatic heterocycles. The Morgan fingerprint density at radius 3 is 2.97 bits per heavy atom. The first-order valence-electron chi connectivity index (χ1n) is 9.42. The summed E-state index contributed by atoms with van der Waals surface area (Å²) >= 11 is 1.79. The van der Waals surface area contributed by atoms with Crippen molar-refractivity contribution >= 4 is 38.0 Å². The van der Waals surface area contributed by atoms with Gasteiger partial charge in [-0.1, -0.05) is 5.92 Å². The van der Waals surface area contributed by atoms with Crippen LogP contribution in [0, 0.1) is 17.7 Å². The maximum absolute atomic E-state index is 14.4. The molecule has 4 heterocycles. The molecule has 7 heteroatoms. The lowest BCUT2D eigenvalue weighted by atomic mass is 10.1. The van der Waals surface area contributed by atoms with Crippen LogP contribution in [-0.4, -0.2) is 27.5 Å². The summed E-state index contributed by atoms with van der Waals surface area (Å²) in [6.07, 6.45) is 1.15. The summed E-state index contributed by atoms with van der Waals surface area (Å²) in [7, 11) is 0. The monoisotopic (exact) mass is 403 g/mol. The molecular weight excluding hydrogens is 385 g/mol. The van der Waals surface area contributed by atoms with Gasteiger partial charge in [0.25, 0.3) is 0 Å². The van der Waals surface area contributed by atoms with Gasteiger partial charge in [-0.2, -0.15) is 0 Å². The third-order valence-corrected chi connectivity index (χ3v) is 6.17. The second-order valence-electron chi connectivity index (χ2n) is 7.03. The Labute approximate surface area is 171 Å². The smallest absolute Gasteiger partial charge is 0.205 e. The maximum Gasteiger partial charge on any atom is 0.205 e. The molecule has 0 saturated heterocycles. The summed E-state index contributed by atoms with van der Waals surface area (Å²) in [6.45, 7) is 5.59. The second kappa shape index (κ2) is 7.07. The van der Waals surface area contributed by atoms with Gasteiger partial charge in [0.1, 0.15) is 5.69 Å². The molecule has 4 aromatic rings. The fourth-order valence-corrected chi connectivity index (χ4v) is 4.75. The van der Waals surface area contributed by atoms with Crippen LogP contribution < -0.4 is 10.6 Å². The van der Waals surface area contributed by atoms with Gasteiger partial charge < -0.3 is 10.6 Å². The first kappa shape index (κ1) is 18.0. The van der Waals surface area contributed by atoms with Crippen LogP contribution in [0.15, 0.2) is 30.5 Å². The second-order valence-corrected chi connectivity index (χ2v) is 8.17. The summed E-state index contributed by atoms with van der Waals surface area (Å²) in [6, 6.07) is 8.30. The molecule has 1 atom stereocenters.